The van der Waals surface area contributed by atoms with Gasteiger partial charge >= 0.3 is 0 Å². The van der Waals surface area contributed by atoms with Gasteiger partial charge in [-0.25, -0.2) is 0 Å². The van der Waals surface area contributed by atoms with Crippen LogP contribution in [-0.2, 0) is 0 Å². The van der Waals surface area contributed by atoms with E-state index in [0.717, 1.165) is 13.1 Å². The molecule has 0 aromatic carbocycles. The second-order valence-corrected chi connectivity index (χ2v) is 2.35. The molecule has 0 fully saturated rings. The van der Waals surface area contributed by atoms with Crippen LogP contribution in [0.15, 0.2) is 23.9 Å². The van der Waals surface area contributed by atoms with Gasteiger partial charge in [0.2, 0.25) is 0 Å². The topological polar surface area (TPSA) is 3.24 Å². The second kappa shape index (κ2) is 4.77. The van der Waals surface area contributed by atoms with Gasteiger partial charge in [0, 0.05) is 13.1 Å². The Morgan fingerprint density at radius 3 is 2.70 bits per heavy atom. The fourth-order valence-corrected chi connectivity index (χ4v) is 0.848. The number of likely N-dealkylation sites (N-methyl/N-ethyl adjacent to an activating group) is 1. The molecule has 1 heterocycles. The fraction of sp³-hybridized carbons (Fsp3) is 0.500. The monoisotopic (exact) mass is 251 g/mol. The number of halogens is 1. The average Bonchev–Trinajstić information content (AvgIpc) is 1.90. The van der Waals surface area contributed by atoms with Crippen LogP contribution in [0.5, 0.6) is 0 Å². The first-order chi connectivity index (χ1) is 4.33. The van der Waals surface area contributed by atoms with Gasteiger partial charge in [0.1, 0.15) is 0 Å². The van der Waals surface area contributed by atoms with Gasteiger partial charge in [-0.2, -0.15) is 0 Å². The molecule has 0 aromatic rings. The van der Waals surface area contributed by atoms with Crippen LogP contribution in [0.25, 0.3) is 0 Å². The van der Waals surface area contributed by atoms with Crippen molar-refractivity contribution in [2.24, 2.45) is 0 Å². The van der Waals surface area contributed by atoms with E-state index in [2.05, 4.69) is 37.1 Å². The van der Waals surface area contributed by atoms with Gasteiger partial charge < -0.3 is 4.90 Å². The van der Waals surface area contributed by atoms with Gasteiger partial charge in [-0.05, 0) is 26.1 Å². The summed E-state index contributed by atoms with van der Waals surface area (Å²) in [5, 5.41) is 0. The van der Waals surface area contributed by atoms with Gasteiger partial charge in [-0.3, -0.25) is 0 Å². The largest absolute Gasteiger partial charge is 0.374 e. The first kappa shape index (κ1) is 10.0. The minimum Gasteiger partial charge on any atom is -0.374 e. The Morgan fingerprint density at radius 1 is 1.60 bits per heavy atom. The van der Waals surface area contributed by atoms with E-state index >= 15 is 0 Å². The number of hydrogen-bond acceptors (Lipinski definition) is 1. The molecule has 58 valence electrons. The van der Waals surface area contributed by atoms with E-state index in [1.807, 2.05) is 0 Å². The van der Waals surface area contributed by atoms with Crippen LogP contribution in [0.3, 0.4) is 0 Å². The predicted molar refractivity (Wildman–Crippen MR) is 55.6 cm³/mol. The quantitative estimate of drug-likeness (QED) is 0.647. The molecule has 10 heavy (non-hydrogen) atoms. The minimum absolute atomic E-state index is 0. The lowest BCUT2D eigenvalue weighted by Gasteiger charge is -2.19. The Balaban J connectivity index is 0.000000810. The highest BCUT2D eigenvalue weighted by Crippen LogP contribution is 2.04. The zero-order valence-corrected chi connectivity index (χ0v) is 8.83. The molecule has 0 N–H and O–H groups in total. The smallest absolute Gasteiger partial charge is 0.0359 e. The molecule has 0 amide bonds. The minimum atomic E-state index is 0. The van der Waals surface area contributed by atoms with Crippen LogP contribution in [-0.4, -0.2) is 18.0 Å². The Labute approximate surface area is 79.8 Å². The summed E-state index contributed by atoms with van der Waals surface area (Å²) in [6.45, 7) is 6.49. The summed E-state index contributed by atoms with van der Waals surface area (Å²) in [7, 11) is 0. The molecule has 0 aromatic heterocycles. The van der Waals surface area contributed by atoms with Crippen molar-refractivity contribution < 1.29 is 0 Å². The van der Waals surface area contributed by atoms with Crippen molar-refractivity contribution in [3.63, 3.8) is 0 Å². The molecular formula is C8H14IN. The summed E-state index contributed by atoms with van der Waals surface area (Å²) in [6, 6.07) is 0. The van der Waals surface area contributed by atoms with Gasteiger partial charge in [0.15, 0.2) is 0 Å². The van der Waals surface area contributed by atoms with Crippen LogP contribution in [0.2, 0.25) is 0 Å². The number of nitrogens with zero attached hydrogens (tertiary/aromatic N) is 1. The maximum atomic E-state index is 2.27. The van der Waals surface area contributed by atoms with Crippen molar-refractivity contribution in [3.05, 3.63) is 23.9 Å². The van der Waals surface area contributed by atoms with E-state index in [1.54, 1.807) is 0 Å². The number of hydrogen-bond donors (Lipinski definition) is 0. The molecule has 0 aliphatic carbocycles. The van der Waals surface area contributed by atoms with E-state index in [9.17, 15) is 0 Å². The maximum absolute atomic E-state index is 2.27. The van der Waals surface area contributed by atoms with Crippen LogP contribution in [0.1, 0.15) is 13.8 Å². The van der Waals surface area contributed by atoms with Crippen molar-refractivity contribution >= 4 is 24.0 Å². The molecule has 1 aliphatic heterocycles. The predicted octanol–water partition coefficient (Wildman–Crippen LogP) is 2.40. The van der Waals surface area contributed by atoms with E-state index < -0.39 is 0 Å². The Kier molecular flexibility index (Phi) is 4.77. The maximum Gasteiger partial charge on any atom is 0.0359 e. The van der Waals surface area contributed by atoms with Gasteiger partial charge in [-0.1, -0.05) is 11.6 Å². The first-order valence-corrected chi connectivity index (χ1v) is 3.42. The highest BCUT2D eigenvalue weighted by Gasteiger charge is 1.96. The van der Waals surface area contributed by atoms with Crippen LogP contribution < -0.4 is 0 Å². The standard InChI is InChI=1S/C8H13N.HI/c1-3-9-6-4-8(2)5-7-9;/h4-6H,3,7H2,1-2H3;1H. The molecule has 1 nitrogen and oxygen atoms in total. The first-order valence-electron chi connectivity index (χ1n) is 3.42. The van der Waals surface area contributed by atoms with E-state index in [-0.39, 0.29) is 24.0 Å². The summed E-state index contributed by atoms with van der Waals surface area (Å²) >= 11 is 0. The molecule has 0 unspecified atom stereocenters. The zero-order chi connectivity index (χ0) is 6.69. The van der Waals surface area contributed by atoms with E-state index in [4.69, 9.17) is 0 Å². The van der Waals surface area contributed by atoms with Crippen LogP contribution in [0.4, 0.5) is 0 Å². The highest BCUT2D eigenvalue weighted by molar-refractivity contribution is 14.0. The Morgan fingerprint density at radius 2 is 2.30 bits per heavy atom. The number of rotatable bonds is 1. The lowest BCUT2D eigenvalue weighted by Crippen LogP contribution is -2.18. The molecule has 0 atom stereocenters. The summed E-state index contributed by atoms with van der Waals surface area (Å²) < 4.78 is 0. The molecule has 0 saturated carbocycles. The molecule has 2 heteroatoms. The third-order valence-corrected chi connectivity index (χ3v) is 1.60. The van der Waals surface area contributed by atoms with Crippen LogP contribution >= 0.6 is 24.0 Å². The van der Waals surface area contributed by atoms with Crippen molar-refractivity contribution in [1.29, 1.82) is 0 Å². The van der Waals surface area contributed by atoms with E-state index in [1.165, 1.54) is 5.57 Å². The fourth-order valence-electron chi connectivity index (χ4n) is 0.848. The molecule has 0 radical (unpaired) electrons. The molecule has 0 spiro atoms. The third-order valence-electron chi connectivity index (χ3n) is 1.60. The Hall–Kier alpha value is 0.01000. The molecule has 0 saturated heterocycles. The molecule has 1 aliphatic rings. The normalized spacial score (nSPS) is 16.2. The van der Waals surface area contributed by atoms with Crippen LogP contribution in [0, 0.1) is 0 Å². The van der Waals surface area contributed by atoms with Gasteiger partial charge in [0.25, 0.3) is 0 Å². The summed E-state index contributed by atoms with van der Waals surface area (Å²) in [5.74, 6) is 0. The average molecular weight is 251 g/mol. The van der Waals surface area contributed by atoms with Crippen molar-refractivity contribution in [1.82, 2.24) is 4.90 Å². The highest BCUT2D eigenvalue weighted by atomic mass is 127. The SMILES string of the molecule is CCN1C=CC(C)=CC1.I. The van der Waals surface area contributed by atoms with Gasteiger partial charge in [-0.15, -0.1) is 24.0 Å². The van der Waals surface area contributed by atoms with Crippen molar-refractivity contribution in [2.45, 2.75) is 13.8 Å². The third kappa shape index (κ3) is 2.73. The van der Waals surface area contributed by atoms with Crippen molar-refractivity contribution in [2.75, 3.05) is 13.1 Å². The summed E-state index contributed by atoms with van der Waals surface area (Å²) in [5.41, 5.74) is 1.37. The molecule has 0 bridgehead atoms. The zero-order valence-electron chi connectivity index (χ0n) is 6.50. The lowest BCUT2D eigenvalue weighted by atomic mass is 10.2. The van der Waals surface area contributed by atoms with Crippen molar-refractivity contribution in [3.8, 4) is 0 Å². The summed E-state index contributed by atoms with van der Waals surface area (Å²) in [4.78, 5) is 2.27. The molecule has 1 rings (SSSR count). The molecular weight excluding hydrogens is 237 g/mol. The van der Waals surface area contributed by atoms with E-state index in [0.29, 0.717) is 0 Å². The second-order valence-electron chi connectivity index (χ2n) is 2.35. The Bertz CT molecular complexity index is 149. The lowest BCUT2D eigenvalue weighted by molar-refractivity contribution is 0.434. The number of allylic oxidation sites excluding steroid dienone is 2. The summed E-state index contributed by atoms with van der Waals surface area (Å²) in [6.07, 6.45) is 6.53. The van der Waals surface area contributed by atoms with Gasteiger partial charge in [0.05, 0.1) is 0 Å².